The van der Waals surface area contributed by atoms with Gasteiger partial charge in [0, 0.05) is 17.4 Å². The quantitative estimate of drug-likeness (QED) is 0.628. The van der Waals surface area contributed by atoms with Crippen molar-refractivity contribution < 1.29 is 66.0 Å². The molecule has 0 aromatic heterocycles. The smallest absolute Gasteiger partial charge is 0.550 e. The number of rotatable bonds is 4. The average molecular weight is 273 g/mol. The Hall–Kier alpha value is 0.706. The van der Waals surface area contributed by atoms with E-state index in [1.807, 2.05) is 0 Å². The van der Waals surface area contributed by atoms with E-state index in [-0.39, 0.29) is 64.4 Å². The molecule has 0 amide bonds. The maximum Gasteiger partial charge on any atom is 1.00 e. The van der Waals surface area contributed by atoms with Gasteiger partial charge >= 0.3 is 51.4 Å². The van der Waals surface area contributed by atoms with Gasteiger partial charge in [0.2, 0.25) is 0 Å². The fourth-order valence-corrected chi connectivity index (χ4v) is 1.30. The molecule has 1 aromatic carbocycles. The summed E-state index contributed by atoms with van der Waals surface area (Å²) in [5.74, 6) is -0.743. The van der Waals surface area contributed by atoms with Crippen LogP contribution in [0.15, 0.2) is 18.2 Å². The summed E-state index contributed by atoms with van der Waals surface area (Å²) < 4.78 is 5.09. The topological polar surface area (TPSA) is 49.4 Å². The molecule has 0 saturated heterocycles. The van der Waals surface area contributed by atoms with Crippen LogP contribution >= 0.6 is 23.2 Å². The van der Waals surface area contributed by atoms with E-state index >= 15 is 0 Å². The maximum atomic E-state index is 10.1. The minimum atomic E-state index is -1.16. The van der Waals surface area contributed by atoms with E-state index in [9.17, 15) is 9.90 Å². The monoisotopic (exact) mass is 272 g/mol. The minimum Gasteiger partial charge on any atom is -0.550 e. The fraction of sp³-hybridized carbons (Fsp3) is 0.222. The summed E-state index contributed by atoms with van der Waals surface area (Å²) in [5, 5.41) is 10.9. The van der Waals surface area contributed by atoms with Gasteiger partial charge in [0.25, 0.3) is 0 Å². The first-order valence-electron chi connectivity index (χ1n) is 3.87. The molecule has 1 aromatic rings. The number of hydrogen-bond donors (Lipinski definition) is 0. The molecule has 0 spiro atoms. The molecule has 76 valence electrons. The summed E-state index contributed by atoms with van der Waals surface area (Å²) in [5.41, 5.74) is 0. The molecule has 0 atom stereocenters. The molecule has 0 aliphatic carbocycles. The summed E-state index contributed by atoms with van der Waals surface area (Å²) in [6.45, 7) is 0.0314. The maximum absolute atomic E-state index is 10.1. The Kier molecular flexibility index (Phi) is 8.27. The molecule has 0 aliphatic rings. The Morgan fingerprint density at radius 3 is 2.60 bits per heavy atom. The molecule has 0 radical (unpaired) electrons. The SMILES string of the molecule is O=C([O-])CCOc1ccc(Cl)cc1Cl.[K+]. The van der Waals surface area contributed by atoms with E-state index in [0.717, 1.165) is 0 Å². The van der Waals surface area contributed by atoms with Crippen LogP contribution in [-0.2, 0) is 4.79 Å². The van der Waals surface area contributed by atoms with Crippen LogP contribution in [-0.4, -0.2) is 12.6 Å². The number of carbonyl (C=O) groups is 1. The Balaban J connectivity index is 0.00000196. The van der Waals surface area contributed by atoms with Crippen LogP contribution in [0.4, 0.5) is 0 Å². The number of aliphatic carboxylic acids is 1. The van der Waals surface area contributed by atoms with E-state index in [0.29, 0.717) is 15.8 Å². The van der Waals surface area contributed by atoms with Gasteiger partial charge in [-0.3, -0.25) is 0 Å². The molecule has 0 heterocycles. The van der Waals surface area contributed by atoms with Gasteiger partial charge in [-0.1, -0.05) is 23.2 Å². The van der Waals surface area contributed by atoms with Crippen molar-refractivity contribution in [2.45, 2.75) is 6.42 Å². The van der Waals surface area contributed by atoms with Crippen LogP contribution < -0.4 is 61.2 Å². The predicted octanol–water partition coefficient (Wildman–Crippen LogP) is -1.48. The second-order valence-corrected chi connectivity index (χ2v) is 3.39. The van der Waals surface area contributed by atoms with Crippen LogP contribution in [0.2, 0.25) is 10.0 Å². The number of carboxylic acids is 1. The van der Waals surface area contributed by atoms with E-state index < -0.39 is 5.97 Å². The number of benzene rings is 1. The van der Waals surface area contributed by atoms with Crippen molar-refractivity contribution in [1.29, 1.82) is 0 Å². The average Bonchev–Trinajstić information content (AvgIpc) is 2.08. The van der Waals surface area contributed by atoms with Gasteiger partial charge in [0.15, 0.2) is 0 Å². The molecule has 0 saturated carbocycles. The summed E-state index contributed by atoms with van der Waals surface area (Å²) >= 11 is 11.4. The fourth-order valence-electron chi connectivity index (χ4n) is 0.837. The van der Waals surface area contributed by atoms with Crippen molar-refractivity contribution in [3.8, 4) is 5.75 Å². The van der Waals surface area contributed by atoms with Gasteiger partial charge in [-0.2, -0.15) is 0 Å². The predicted molar refractivity (Wildman–Crippen MR) is 51.6 cm³/mol. The summed E-state index contributed by atoms with van der Waals surface area (Å²) in [6, 6.07) is 4.72. The van der Waals surface area contributed by atoms with Crippen LogP contribution in [0.3, 0.4) is 0 Å². The molecule has 6 heteroatoms. The van der Waals surface area contributed by atoms with Crippen molar-refractivity contribution in [3.05, 3.63) is 28.2 Å². The third kappa shape index (κ3) is 6.11. The molecule has 3 nitrogen and oxygen atoms in total. The molecule has 15 heavy (non-hydrogen) atoms. The van der Waals surface area contributed by atoms with Crippen LogP contribution in [0.1, 0.15) is 6.42 Å². The zero-order valence-corrected chi connectivity index (χ0v) is 12.8. The first kappa shape index (κ1) is 15.7. The minimum absolute atomic E-state index is 0. The van der Waals surface area contributed by atoms with Gasteiger partial charge in [-0.15, -0.1) is 0 Å². The van der Waals surface area contributed by atoms with E-state index in [1.165, 1.54) is 6.07 Å². The van der Waals surface area contributed by atoms with Crippen molar-refractivity contribution >= 4 is 29.2 Å². The first-order chi connectivity index (χ1) is 6.59. The Labute approximate surface area is 140 Å². The molecule has 0 bridgehead atoms. The zero-order chi connectivity index (χ0) is 10.6. The standard InChI is InChI=1S/C9H8Cl2O3.K/c10-6-1-2-8(7(11)5-6)14-4-3-9(12)13;/h1-2,5H,3-4H2,(H,12,13);/q;+1/p-1. The number of halogens is 2. The molecule has 0 fully saturated rings. The Morgan fingerprint density at radius 2 is 2.07 bits per heavy atom. The normalized spacial score (nSPS) is 9.20. The van der Waals surface area contributed by atoms with E-state index in [2.05, 4.69) is 0 Å². The largest absolute Gasteiger partial charge is 1.00 e. The van der Waals surface area contributed by atoms with Gasteiger partial charge in [0.05, 0.1) is 11.6 Å². The number of ether oxygens (including phenoxy) is 1. The van der Waals surface area contributed by atoms with Crippen molar-refractivity contribution in [2.75, 3.05) is 6.61 Å². The molecular formula is C9H7Cl2KO3. The van der Waals surface area contributed by atoms with Gasteiger partial charge < -0.3 is 14.6 Å². The third-order valence-corrected chi connectivity index (χ3v) is 1.99. The molecule has 0 N–H and O–H groups in total. The number of carboxylic acid groups (broad SMARTS) is 1. The van der Waals surface area contributed by atoms with Gasteiger partial charge in [0.1, 0.15) is 5.75 Å². The van der Waals surface area contributed by atoms with Crippen LogP contribution in [0, 0.1) is 0 Å². The van der Waals surface area contributed by atoms with Crippen molar-refractivity contribution in [2.24, 2.45) is 0 Å². The molecule has 1 rings (SSSR count). The van der Waals surface area contributed by atoms with E-state index in [1.54, 1.807) is 12.1 Å². The van der Waals surface area contributed by atoms with Crippen LogP contribution in [0.25, 0.3) is 0 Å². The third-order valence-electron chi connectivity index (χ3n) is 1.46. The number of hydrogen-bond acceptors (Lipinski definition) is 3. The zero-order valence-electron chi connectivity index (χ0n) is 8.13. The van der Waals surface area contributed by atoms with Gasteiger partial charge in [-0.05, 0) is 18.2 Å². The second-order valence-electron chi connectivity index (χ2n) is 2.55. The Morgan fingerprint density at radius 1 is 1.40 bits per heavy atom. The first-order valence-corrected chi connectivity index (χ1v) is 4.63. The molecular weight excluding hydrogens is 266 g/mol. The van der Waals surface area contributed by atoms with Crippen molar-refractivity contribution in [3.63, 3.8) is 0 Å². The molecule has 0 aliphatic heterocycles. The summed E-state index contributed by atoms with van der Waals surface area (Å²) in [6.07, 6.45) is -0.168. The van der Waals surface area contributed by atoms with Crippen LogP contribution in [0.5, 0.6) is 5.75 Å². The summed E-state index contributed by atoms with van der Waals surface area (Å²) in [4.78, 5) is 10.1. The number of carbonyl (C=O) groups excluding carboxylic acids is 1. The molecule has 0 unspecified atom stereocenters. The summed E-state index contributed by atoms with van der Waals surface area (Å²) in [7, 11) is 0. The second kappa shape index (κ2) is 7.90. The van der Waals surface area contributed by atoms with E-state index in [4.69, 9.17) is 27.9 Å². The van der Waals surface area contributed by atoms with Crippen molar-refractivity contribution in [1.82, 2.24) is 0 Å². The Bertz CT molecular complexity index is 344. The van der Waals surface area contributed by atoms with Gasteiger partial charge in [-0.25, -0.2) is 0 Å².